The maximum absolute atomic E-state index is 4.88. The van der Waals surface area contributed by atoms with Crippen molar-refractivity contribution in [3.05, 3.63) is 84.4 Å². The zero-order chi connectivity index (χ0) is 16.9. The highest BCUT2D eigenvalue weighted by atomic mass is 15.1. The molecule has 0 aliphatic heterocycles. The standard InChI is InChI=1S/C20H16N2.C2H6/c1-15-12-13-19-18(14-15)21-20(16-8-4-2-5-9-16)22(19)17-10-6-3-7-11-17;1-2/h2-14H,1H3;1-2H3. The average Bonchev–Trinajstić information content (AvgIpc) is 3.03. The zero-order valence-electron chi connectivity index (χ0n) is 14.4. The Hall–Kier alpha value is -2.87. The molecule has 3 aromatic carbocycles. The molecule has 4 aromatic rings. The summed E-state index contributed by atoms with van der Waals surface area (Å²) >= 11 is 0. The van der Waals surface area contributed by atoms with Crippen molar-refractivity contribution < 1.29 is 0 Å². The summed E-state index contributed by atoms with van der Waals surface area (Å²) in [4.78, 5) is 4.88. The summed E-state index contributed by atoms with van der Waals surface area (Å²) in [5, 5.41) is 0. The Balaban J connectivity index is 0.000000815. The van der Waals surface area contributed by atoms with Crippen molar-refractivity contribution in [3.8, 4) is 17.1 Å². The molecule has 0 aliphatic rings. The summed E-state index contributed by atoms with van der Waals surface area (Å²) in [6, 6.07) is 27.2. The van der Waals surface area contributed by atoms with Crippen LogP contribution in [-0.4, -0.2) is 9.55 Å². The van der Waals surface area contributed by atoms with Gasteiger partial charge in [0.05, 0.1) is 11.0 Å². The van der Waals surface area contributed by atoms with Crippen LogP contribution in [0.15, 0.2) is 78.9 Å². The van der Waals surface area contributed by atoms with Crippen molar-refractivity contribution in [2.24, 2.45) is 0 Å². The van der Waals surface area contributed by atoms with Crippen LogP contribution >= 0.6 is 0 Å². The number of aromatic nitrogens is 2. The van der Waals surface area contributed by atoms with Gasteiger partial charge in [-0.05, 0) is 36.8 Å². The number of rotatable bonds is 2. The lowest BCUT2D eigenvalue weighted by molar-refractivity contribution is 1.10. The summed E-state index contributed by atoms with van der Waals surface area (Å²) in [6.45, 7) is 6.10. The maximum atomic E-state index is 4.88. The van der Waals surface area contributed by atoms with Crippen LogP contribution in [0.2, 0.25) is 0 Å². The lowest BCUT2D eigenvalue weighted by Crippen LogP contribution is -1.97. The van der Waals surface area contributed by atoms with Crippen molar-refractivity contribution in [2.45, 2.75) is 20.8 Å². The van der Waals surface area contributed by atoms with Crippen LogP contribution in [0.25, 0.3) is 28.1 Å². The average molecular weight is 314 g/mol. The molecular formula is C22H22N2. The number of nitrogens with zero attached hydrogens (tertiary/aromatic N) is 2. The fraction of sp³-hybridized carbons (Fsp3) is 0.136. The zero-order valence-corrected chi connectivity index (χ0v) is 14.4. The van der Waals surface area contributed by atoms with E-state index in [1.807, 2.05) is 26.0 Å². The molecule has 0 spiro atoms. The largest absolute Gasteiger partial charge is 0.292 e. The van der Waals surface area contributed by atoms with Gasteiger partial charge in [-0.25, -0.2) is 4.98 Å². The van der Waals surface area contributed by atoms with Gasteiger partial charge >= 0.3 is 0 Å². The fourth-order valence-electron chi connectivity index (χ4n) is 2.81. The fourth-order valence-corrected chi connectivity index (χ4v) is 2.81. The molecule has 0 bridgehead atoms. The van der Waals surface area contributed by atoms with Gasteiger partial charge in [0.15, 0.2) is 0 Å². The molecule has 0 atom stereocenters. The second-order valence-electron chi connectivity index (χ2n) is 5.46. The Labute approximate surface area is 143 Å². The van der Waals surface area contributed by atoms with Crippen LogP contribution in [-0.2, 0) is 0 Å². The van der Waals surface area contributed by atoms with Gasteiger partial charge in [-0.3, -0.25) is 4.57 Å². The van der Waals surface area contributed by atoms with E-state index in [0.29, 0.717) is 0 Å². The third kappa shape index (κ3) is 2.95. The van der Waals surface area contributed by atoms with Gasteiger partial charge in [0, 0.05) is 11.3 Å². The van der Waals surface area contributed by atoms with E-state index in [4.69, 9.17) is 4.98 Å². The van der Waals surface area contributed by atoms with E-state index >= 15 is 0 Å². The molecule has 2 heteroatoms. The molecule has 0 radical (unpaired) electrons. The topological polar surface area (TPSA) is 17.8 Å². The van der Waals surface area contributed by atoms with Gasteiger partial charge in [-0.15, -0.1) is 0 Å². The number of benzene rings is 3. The predicted molar refractivity (Wildman–Crippen MR) is 103 cm³/mol. The normalized spacial score (nSPS) is 10.3. The molecule has 0 saturated carbocycles. The number of hydrogen-bond donors (Lipinski definition) is 0. The smallest absolute Gasteiger partial charge is 0.145 e. The Bertz CT molecular complexity index is 922. The molecule has 1 aromatic heterocycles. The van der Waals surface area contributed by atoms with Gasteiger partial charge in [0.1, 0.15) is 5.82 Å². The van der Waals surface area contributed by atoms with Gasteiger partial charge in [0.2, 0.25) is 0 Å². The lowest BCUT2D eigenvalue weighted by Gasteiger charge is -2.09. The number of imidazole rings is 1. The lowest BCUT2D eigenvalue weighted by atomic mass is 10.2. The molecule has 0 saturated heterocycles. The van der Waals surface area contributed by atoms with Crippen molar-refractivity contribution in [2.75, 3.05) is 0 Å². The van der Waals surface area contributed by atoms with E-state index in [1.165, 1.54) is 5.56 Å². The first kappa shape index (κ1) is 16.0. The minimum atomic E-state index is 0.979. The van der Waals surface area contributed by atoms with Crippen molar-refractivity contribution in [1.82, 2.24) is 9.55 Å². The summed E-state index contributed by atoms with van der Waals surface area (Å²) < 4.78 is 2.23. The second-order valence-corrected chi connectivity index (χ2v) is 5.46. The summed E-state index contributed by atoms with van der Waals surface area (Å²) in [5.41, 5.74) is 5.65. The Morgan fingerprint density at radius 1 is 0.750 bits per heavy atom. The van der Waals surface area contributed by atoms with Gasteiger partial charge < -0.3 is 0 Å². The molecule has 0 unspecified atom stereocenters. The SMILES string of the molecule is CC.Cc1ccc2c(c1)nc(-c1ccccc1)n2-c1ccccc1. The highest BCUT2D eigenvalue weighted by Gasteiger charge is 2.13. The van der Waals surface area contributed by atoms with Crippen LogP contribution in [0.3, 0.4) is 0 Å². The summed E-state index contributed by atoms with van der Waals surface area (Å²) in [7, 11) is 0. The Kier molecular flexibility index (Phi) is 4.76. The van der Waals surface area contributed by atoms with Crippen molar-refractivity contribution >= 4 is 11.0 Å². The molecule has 2 nitrogen and oxygen atoms in total. The third-order valence-electron chi connectivity index (χ3n) is 3.86. The first-order valence-electron chi connectivity index (χ1n) is 8.43. The Morgan fingerprint density at radius 3 is 2.04 bits per heavy atom. The number of aryl methyl sites for hydroxylation is 1. The van der Waals surface area contributed by atoms with Crippen molar-refractivity contribution in [1.29, 1.82) is 0 Å². The predicted octanol–water partition coefficient (Wildman–Crippen LogP) is 6.03. The highest BCUT2D eigenvalue weighted by Crippen LogP contribution is 2.28. The first-order valence-corrected chi connectivity index (χ1v) is 8.43. The maximum Gasteiger partial charge on any atom is 0.145 e. The minimum absolute atomic E-state index is 0.979. The molecular weight excluding hydrogens is 292 g/mol. The van der Waals surface area contributed by atoms with E-state index in [1.54, 1.807) is 0 Å². The monoisotopic (exact) mass is 314 g/mol. The minimum Gasteiger partial charge on any atom is -0.292 e. The van der Waals surface area contributed by atoms with E-state index in [-0.39, 0.29) is 0 Å². The number of fused-ring (bicyclic) bond motifs is 1. The van der Waals surface area contributed by atoms with E-state index in [9.17, 15) is 0 Å². The molecule has 0 aliphatic carbocycles. The first-order chi connectivity index (χ1) is 11.8. The second kappa shape index (κ2) is 7.14. The van der Waals surface area contributed by atoms with Gasteiger partial charge in [-0.2, -0.15) is 0 Å². The summed E-state index contributed by atoms with van der Waals surface area (Å²) in [5.74, 6) is 0.979. The van der Waals surface area contributed by atoms with Crippen LogP contribution in [0, 0.1) is 6.92 Å². The van der Waals surface area contributed by atoms with E-state index in [0.717, 1.165) is 28.1 Å². The van der Waals surface area contributed by atoms with E-state index in [2.05, 4.69) is 78.2 Å². The van der Waals surface area contributed by atoms with E-state index < -0.39 is 0 Å². The molecule has 0 fully saturated rings. The van der Waals surface area contributed by atoms with Gasteiger partial charge in [-0.1, -0.05) is 68.4 Å². The Morgan fingerprint density at radius 2 is 1.38 bits per heavy atom. The van der Waals surface area contributed by atoms with Crippen LogP contribution < -0.4 is 0 Å². The van der Waals surface area contributed by atoms with Crippen molar-refractivity contribution in [3.63, 3.8) is 0 Å². The molecule has 0 N–H and O–H groups in total. The van der Waals surface area contributed by atoms with Crippen LogP contribution in [0.5, 0.6) is 0 Å². The third-order valence-corrected chi connectivity index (χ3v) is 3.86. The molecule has 4 rings (SSSR count). The van der Waals surface area contributed by atoms with Gasteiger partial charge in [0.25, 0.3) is 0 Å². The number of hydrogen-bond acceptors (Lipinski definition) is 1. The number of para-hydroxylation sites is 1. The molecule has 120 valence electrons. The molecule has 1 heterocycles. The van der Waals surface area contributed by atoms with Crippen LogP contribution in [0.4, 0.5) is 0 Å². The molecule has 24 heavy (non-hydrogen) atoms. The summed E-state index contributed by atoms with van der Waals surface area (Å²) in [6.07, 6.45) is 0. The highest BCUT2D eigenvalue weighted by molar-refractivity contribution is 5.83. The van der Waals surface area contributed by atoms with Crippen LogP contribution in [0.1, 0.15) is 19.4 Å². The quantitative estimate of drug-likeness (QED) is 0.442. The molecule has 0 amide bonds.